The summed E-state index contributed by atoms with van der Waals surface area (Å²) >= 11 is 1.22. The van der Waals surface area contributed by atoms with Gasteiger partial charge >= 0.3 is 0 Å². The standard InChI is InChI=1S/C18H19N5O3S/c1-10-15(11(2)26-23-10)8-9-19-16(24)13-4-6-14(7-5-13)20-17(25)18-22-21-12(3)27-18/h4-7H,8-9H2,1-3H3,(H,19,24)(H,20,25). The van der Waals surface area contributed by atoms with Crippen LogP contribution in [0.1, 0.15) is 42.2 Å². The smallest absolute Gasteiger partial charge is 0.286 e. The summed E-state index contributed by atoms with van der Waals surface area (Å²) in [4.78, 5) is 24.3. The lowest BCUT2D eigenvalue weighted by Gasteiger charge is -2.07. The molecule has 3 rings (SSSR count). The first-order valence-corrected chi connectivity index (χ1v) is 9.17. The normalized spacial score (nSPS) is 10.6. The first-order chi connectivity index (χ1) is 12.9. The Hall–Kier alpha value is -3.07. The van der Waals surface area contributed by atoms with Crippen molar-refractivity contribution in [3.8, 4) is 0 Å². The van der Waals surface area contributed by atoms with Crippen LogP contribution in [-0.4, -0.2) is 33.7 Å². The highest BCUT2D eigenvalue weighted by atomic mass is 32.1. The number of nitrogens with one attached hydrogen (secondary N) is 2. The highest BCUT2D eigenvalue weighted by molar-refractivity contribution is 7.13. The number of aryl methyl sites for hydroxylation is 3. The molecule has 0 saturated heterocycles. The number of benzene rings is 1. The molecule has 0 saturated carbocycles. The monoisotopic (exact) mass is 385 g/mol. The predicted molar refractivity (Wildman–Crippen MR) is 101 cm³/mol. The van der Waals surface area contributed by atoms with Crippen molar-refractivity contribution in [2.45, 2.75) is 27.2 Å². The number of hydrogen-bond donors (Lipinski definition) is 2. The Bertz CT molecular complexity index is 942. The summed E-state index contributed by atoms with van der Waals surface area (Å²) in [5.41, 5.74) is 2.95. The zero-order valence-electron chi connectivity index (χ0n) is 15.2. The number of carbonyl (C=O) groups is 2. The second-order valence-corrected chi connectivity index (χ2v) is 7.15. The topological polar surface area (TPSA) is 110 Å². The third-order valence-corrected chi connectivity index (χ3v) is 4.80. The molecule has 0 aliphatic heterocycles. The molecule has 140 valence electrons. The van der Waals surface area contributed by atoms with Crippen LogP contribution < -0.4 is 10.6 Å². The largest absolute Gasteiger partial charge is 0.361 e. The summed E-state index contributed by atoms with van der Waals surface area (Å²) in [5.74, 6) is 0.268. The van der Waals surface area contributed by atoms with E-state index < -0.39 is 0 Å². The zero-order chi connectivity index (χ0) is 19.4. The summed E-state index contributed by atoms with van der Waals surface area (Å²) < 4.78 is 5.11. The molecule has 0 fully saturated rings. The Kier molecular flexibility index (Phi) is 5.60. The summed E-state index contributed by atoms with van der Waals surface area (Å²) in [5, 5.41) is 18.1. The fourth-order valence-corrected chi connectivity index (χ4v) is 3.13. The molecule has 2 amide bonds. The van der Waals surface area contributed by atoms with Gasteiger partial charge < -0.3 is 15.2 Å². The van der Waals surface area contributed by atoms with Crippen molar-refractivity contribution in [3.05, 3.63) is 56.9 Å². The summed E-state index contributed by atoms with van der Waals surface area (Å²) in [6.45, 7) is 6.00. The minimum absolute atomic E-state index is 0.181. The van der Waals surface area contributed by atoms with E-state index in [1.807, 2.05) is 13.8 Å². The van der Waals surface area contributed by atoms with Crippen LogP contribution in [0.4, 0.5) is 5.69 Å². The Morgan fingerprint density at radius 1 is 1.07 bits per heavy atom. The van der Waals surface area contributed by atoms with Gasteiger partial charge in [0, 0.05) is 23.4 Å². The van der Waals surface area contributed by atoms with Crippen molar-refractivity contribution >= 4 is 28.8 Å². The first-order valence-electron chi connectivity index (χ1n) is 8.35. The van der Waals surface area contributed by atoms with E-state index in [-0.39, 0.29) is 11.8 Å². The van der Waals surface area contributed by atoms with Crippen LogP contribution >= 0.6 is 11.3 Å². The van der Waals surface area contributed by atoms with Crippen molar-refractivity contribution in [3.63, 3.8) is 0 Å². The van der Waals surface area contributed by atoms with Crippen molar-refractivity contribution in [1.82, 2.24) is 20.7 Å². The van der Waals surface area contributed by atoms with Gasteiger partial charge in [-0.3, -0.25) is 9.59 Å². The molecule has 0 bridgehead atoms. The molecule has 2 heterocycles. The van der Waals surface area contributed by atoms with E-state index in [0.717, 1.165) is 22.0 Å². The molecule has 0 aliphatic carbocycles. The minimum atomic E-state index is -0.322. The van der Waals surface area contributed by atoms with Gasteiger partial charge in [-0.2, -0.15) is 0 Å². The average Bonchev–Trinajstić information content (AvgIpc) is 3.22. The van der Waals surface area contributed by atoms with Crippen LogP contribution in [0.25, 0.3) is 0 Å². The molecule has 0 spiro atoms. The number of hydrogen-bond acceptors (Lipinski definition) is 7. The highest BCUT2D eigenvalue weighted by Crippen LogP contribution is 2.14. The number of carbonyl (C=O) groups excluding carboxylic acids is 2. The van der Waals surface area contributed by atoms with Gasteiger partial charge in [-0.05, 0) is 51.5 Å². The number of amides is 2. The molecular formula is C18H19N5O3S. The molecule has 27 heavy (non-hydrogen) atoms. The molecule has 0 atom stereocenters. The van der Waals surface area contributed by atoms with Crippen LogP contribution in [0.15, 0.2) is 28.8 Å². The fraction of sp³-hybridized carbons (Fsp3) is 0.278. The van der Waals surface area contributed by atoms with Gasteiger partial charge in [-0.1, -0.05) is 16.5 Å². The van der Waals surface area contributed by atoms with Gasteiger partial charge in [0.1, 0.15) is 10.8 Å². The van der Waals surface area contributed by atoms with Gasteiger partial charge in [-0.25, -0.2) is 0 Å². The van der Waals surface area contributed by atoms with Crippen LogP contribution in [0.2, 0.25) is 0 Å². The number of rotatable bonds is 6. The third-order valence-electron chi connectivity index (χ3n) is 3.97. The van der Waals surface area contributed by atoms with Gasteiger partial charge in [0.05, 0.1) is 5.69 Å². The summed E-state index contributed by atoms with van der Waals surface area (Å²) in [6, 6.07) is 6.67. The van der Waals surface area contributed by atoms with E-state index in [1.165, 1.54) is 11.3 Å². The fourth-order valence-electron chi connectivity index (χ4n) is 2.54. The van der Waals surface area contributed by atoms with E-state index >= 15 is 0 Å². The molecule has 0 aliphatic rings. The van der Waals surface area contributed by atoms with Gasteiger partial charge in [-0.15, -0.1) is 10.2 Å². The zero-order valence-corrected chi connectivity index (χ0v) is 16.0. The van der Waals surface area contributed by atoms with E-state index in [9.17, 15) is 9.59 Å². The minimum Gasteiger partial charge on any atom is -0.361 e. The summed E-state index contributed by atoms with van der Waals surface area (Å²) in [7, 11) is 0. The molecule has 2 N–H and O–H groups in total. The van der Waals surface area contributed by atoms with Gasteiger partial charge in [0.2, 0.25) is 5.01 Å². The number of anilines is 1. The van der Waals surface area contributed by atoms with Crippen LogP contribution in [0, 0.1) is 20.8 Å². The second-order valence-electron chi connectivity index (χ2n) is 5.97. The second kappa shape index (κ2) is 8.09. The summed E-state index contributed by atoms with van der Waals surface area (Å²) in [6.07, 6.45) is 0.655. The average molecular weight is 385 g/mol. The molecule has 3 aromatic rings. The third kappa shape index (κ3) is 4.56. The Morgan fingerprint density at radius 3 is 2.41 bits per heavy atom. The number of aromatic nitrogens is 3. The van der Waals surface area contributed by atoms with Crippen LogP contribution in [0.3, 0.4) is 0 Å². The molecule has 0 unspecified atom stereocenters. The van der Waals surface area contributed by atoms with Crippen molar-refractivity contribution in [2.75, 3.05) is 11.9 Å². The lowest BCUT2D eigenvalue weighted by atomic mass is 10.1. The quantitative estimate of drug-likeness (QED) is 0.675. The first kappa shape index (κ1) is 18.7. The van der Waals surface area contributed by atoms with E-state index in [1.54, 1.807) is 31.2 Å². The Balaban J connectivity index is 1.53. The molecule has 0 radical (unpaired) electrons. The van der Waals surface area contributed by atoms with Crippen molar-refractivity contribution in [1.29, 1.82) is 0 Å². The number of nitrogens with zero attached hydrogens (tertiary/aromatic N) is 3. The van der Waals surface area contributed by atoms with Gasteiger partial charge in [0.25, 0.3) is 11.8 Å². The maximum absolute atomic E-state index is 12.2. The van der Waals surface area contributed by atoms with Crippen molar-refractivity contribution in [2.24, 2.45) is 0 Å². The Morgan fingerprint density at radius 2 is 1.81 bits per heavy atom. The van der Waals surface area contributed by atoms with E-state index in [4.69, 9.17) is 4.52 Å². The Labute approximate surface area is 160 Å². The van der Waals surface area contributed by atoms with Crippen LogP contribution in [-0.2, 0) is 6.42 Å². The predicted octanol–water partition coefficient (Wildman–Crippen LogP) is 2.68. The lowest BCUT2D eigenvalue weighted by Crippen LogP contribution is -2.25. The van der Waals surface area contributed by atoms with Crippen LogP contribution in [0.5, 0.6) is 0 Å². The molecule has 8 nitrogen and oxygen atoms in total. The van der Waals surface area contributed by atoms with Gasteiger partial charge in [0.15, 0.2) is 0 Å². The maximum atomic E-state index is 12.2. The van der Waals surface area contributed by atoms with E-state index in [2.05, 4.69) is 26.0 Å². The maximum Gasteiger partial charge on any atom is 0.286 e. The lowest BCUT2D eigenvalue weighted by molar-refractivity contribution is 0.0953. The highest BCUT2D eigenvalue weighted by Gasteiger charge is 2.13. The molecule has 1 aromatic carbocycles. The molecular weight excluding hydrogens is 366 g/mol. The molecule has 2 aromatic heterocycles. The van der Waals surface area contributed by atoms with Crippen molar-refractivity contribution < 1.29 is 14.1 Å². The van der Waals surface area contributed by atoms with E-state index in [0.29, 0.717) is 29.2 Å². The molecule has 9 heteroatoms. The SMILES string of the molecule is Cc1nnc(C(=O)Nc2ccc(C(=O)NCCc3c(C)noc3C)cc2)s1.